The molecule has 1 aliphatic heterocycles. The van der Waals surface area contributed by atoms with Crippen molar-refractivity contribution in [2.24, 2.45) is 0 Å². The first-order valence-corrected chi connectivity index (χ1v) is 11.4. The van der Waals surface area contributed by atoms with Gasteiger partial charge in [-0.05, 0) is 58.4 Å². The predicted molar refractivity (Wildman–Crippen MR) is 104 cm³/mol. The van der Waals surface area contributed by atoms with Crippen LogP contribution in [-0.2, 0) is 20.0 Å². The summed E-state index contributed by atoms with van der Waals surface area (Å²) in [6, 6.07) is 13.9. The van der Waals surface area contributed by atoms with Crippen LogP contribution in [0.1, 0.15) is 10.6 Å². The third-order valence-electron chi connectivity index (χ3n) is 3.95. The molecule has 0 aliphatic carbocycles. The number of hydrogen-bond donors (Lipinski definition) is 1. The summed E-state index contributed by atoms with van der Waals surface area (Å²) in [6.07, 6.45) is 0. The molecule has 1 aliphatic rings. The molecule has 0 fully saturated rings. The highest BCUT2D eigenvalue weighted by Gasteiger charge is 2.47. The number of rotatable bonds is 3. The zero-order valence-corrected chi connectivity index (χ0v) is 17.1. The van der Waals surface area contributed by atoms with Gasteiger partial charge in [-0.3, -0.25) is 4.79 Å². The zero-order valence-electron chi connectivity index (χ0n) is 13.9. The third kappa shape index (κ3) is 2.91. The van der Waals surface area contributed by atoms with E-state index in [0.717, 1.165) is 0 Å². The van der Waals surface area contributed by atoms with Crippen LogP contribution in [0, 0.1) is 0 Å². The molecule has 0 radical (unpaired) electrons. The molecular formula is C17H11BrN2O6S2. The van der Waals surface area contributed by atoms with Crippen molar-refractivity contribution in [3.8, 4) is 0 Å². The van der Waals surface area contributed by atoms with Crippen molar-refractivity contribution in [2.75, 3.05) is 9.03 Å². The molecule has 8 nitrogen and oxygen atoms in total. The fourth-order valence-electron chi connectivity index (χ4n) is 2.79. The number of hydrogen-bond acceptors (Lipinski definition) is 6. The highest BCUT2D eigenvalue weighted by Crippen LogP contribution is 2.40. The molecule has 1 N–H and O–H groups in total. The van der Waals surface area contributed by atoms with Crippen LogP contribution in [0.5, 0.6) is 0 Å². The van der Waals surface area contributed by atoms with Crippen LogP contribution < -0.4 is 9.03 Å². The maximum atomic E-state index is 12.8. The Hall–Kier alpha value is -2.63. The summed E-state index contributed by atoms with van der Waals surface area (Å²) in [7, 11) is -8.59. The van der Waals surface area contributed by atoms with Gasteiger partial charge in [-0.25, -0.2) is 0 Å². The lowest BCUT2D eigenvalue weighted by Crippen LogP contribution is -2.30. The van der Waals surface area contributed by atoms with Gasteiger partial charge in [0.25, 0.3) is 26.0 Å². The number of halogens is 1. The Labute approximate surface area is 169 Å². The summed E-state index contributed by atoms with van der Waals surface area (Å²) in [5.74, 6) is -0.538. The Balaban J connectivity index is 1.73. The first kappa shape index (κ1) is 18.7. The van der Waals surface area contributed by atoms with E-state index in [2.05, 4.69) is 21.2 Å². The number of furan rings is 1. The molecule has 0 bridgehead atoms. The number of benzene rings is 2. The molecule has 144 valence electrons. The van der Waals surface area contributed by atoms with E-state index in [4.69, 9.17) is 4.42 Å². The average Bonchev–Trinajstić information content (AvgIpc) is 3.14. The van der Waals surface area contributed by atoms with Crippen LogP contribution in [0.15, 0.2) is 79.5 Å². The number of nitrogens with one attached hydrogen (secondary N) is 1. The van der Waals surface area contributed by atoms with Gasteiger partial charge in [0.15, 0.2) is 10.4 Å². The number of anilines is 2. The Morgan fingerprint density at radius 3 is 2.11 bits per heavy atom. The van der Waals surface area contributed by atoms with E-state index in [1.165, 1.54) is 54.6 Å². The van der Waals surface area contributed by atoms with Gasteiger partial charge in [-0.1, -0.05) is 18.2 Å². The fourth-order valence-corrected chi connectivity index (χ4v) is 7.53. The summed E-state index contributed by atoms with van der Waals surface area (Å²) in [4.78, 5) is 11.6. The Morgan fingerprint density at radius 1 is 0.893 bits per heavy atom. The monoisotopic (exact) mass is 482 g/mol. The van der Waals surface area contributed by atoms with Crippen LogP contribution in [0.4, 0.5) is 11.4 Å². The highest BCUT2D eigenvalue weighted by molar-refractivity contribution is 9.10. The molecule has 0 unspecified atom stereocenters. The van der Waals surface area contributed by atoms with E-state index in [-0.39, 0.29) is 26.9 Å². The van der Waals surface area contributed by atoms with E-state index in [9.17, 15) is 21.6 Å². The number of sulfonamides is 2. The minimum Gasteiger partial charge on any atom is -0.444 e. The van der Waals surface area contributed by atoms with Crippen LogP contribution in [-0.4, -0.2) is 22.7 Å². The Bertz CT molecular complexity index is 1260. The summed E-state index contributed by atoms with van der Waals surface area (Å²) in [6.45, 7) is 0. The van der Waals surface area contributed by atoms with E-state index >= 15 is 0 Å². The molecular weight excluding hydrogens is 472 g/mol. The van der Waals surface area contributed by atoms with Gasteiger partial charge >= 0.3 is 0 Å². The zero-order chi connectivity index (χ0) is 20.1. The van der Waals surface area contributed by atoms with Gasteiger partial charge < -0.3 is 9.73 Å². The fraction of sp³-hybridized carbons (Fsp3) is 0. The molecule has 0 spiro atoms. The quantitative estimate of drug-likeness (QED) is 0.612. The van der Waals surface area contributed by atoms with Crippen LogP contribution in [0.3, 0.4) is 0 Å². The molecule has 1 amide bonds. The molecule has 0 saturated carbocycles. The Morgan fingerprint density at radius 2 is 1.54 bits per heavy atom. The first-order valence-electron chi connectivity index (χ1n) is 7.77. The van der Waals surface area contributed by atoms with Crippen molar-refractivity contribution in [1.82, 2.24) is 0 Å². The van der Waals surface area contributed by atoms with Crippen molar-refractivity contribution >= 4 is 53.3 Å². The smallest absolute Gasteiger partial charge is 0.291 e. The standard InChI is InChI=1S/C17H11BrN2O6S2/c18-16-9-8-13(26-16)17(21)19-11-4-3-5-12(10-11)20-27(22,23)14-6-1-2-7-15(14)28(20,24)25/h1-10H,(H,19,21). The van der Waals surface area contributed by atoms with Gasteiger partial charge in [-0.15, -0.1) is 0 Å². The molecule has 28 heavy (non-hydrogen) atoms. The molecule has 4 rings (SSSR count). The van der Waals surface area contributed by atoms with Gasteiger partial charge in [0.1, 0.15) is 9.79 Å². The van der Waals surface area contributed by atoms with E-state index in [1.807, 2.05) is 0 Å². The number of nitrogens with zero attached hydrogens (tertiary/aromatic N) is 1. The van der Waals surface area contributed by atoms with Crippen LogP contribution in [0.25, 0.3) is 0 Å². The highest BCUT2D eigenvalue weighted by atomic mass is 79.9. The molecule has 3 aromatic rings. The predicted octanol–water partition coefficient (Wildman–Crippen LogP) is 3.19. The third-order valence-corrected chi connectivity index (χ3v) is 8.80. The maximum absolute atomic E-state index is 12.8. The summed E-state index contributed by atoms with van der Waals surface area (Å²) >= 11 is 3.09. The van der Waals surface area contributed by atoms with Crippen molar-refractivity contribution in [2.45, 2.75) is 9.79 Å². The van der Waals surface area contributed by atoms with Crippen molar-refractivity contribution in [3.63, 3.8) is 0 Å². The second kappa shape index (κ2) is 6.47. The number of amides is 1. The SMILES string of the molecule is O=C(Nc1cccc(N2S(=O)(=O)c3ccccc3S2(=O)=O)c1)c1ccc(Br)o1. The lowest BCUT2D eigenvalue weighted by atomic mass is 10.3. The van der Waals surface area contributed by atoms with Crippen molar-refractivity contribution in [3.05, 3.63) is 71.1 Å². The molecule has 0 atom stereocenters. The van der Waals surface area contributed by atoms with Crippen molar-refractivity contribution < 1.29 is 26.0 Å². The lowest BCUT2D eigenvalue weighted by Gasteiger charge is -2.17. The minimum atomic E-state index is -4.29. The average molecular weight is 483 g/mol. The molecule has 2 aromatic carbocycles. The van der Waals surface area contributed by atoms with Crippen molar-refractivity contribution in [1.29, 1.82) is 0 Å². The van der Waals surface area contributed by atoms with E-state index in [1.54, 1.807) is 6.07 Å². The largest absolute Gasteiger partial charge is 0.444 e. The number of carbonyl (C=O) groups is 1. The topological polar surface area (TPSA) is 114 Å². The van der Waals surface area contributed by atoms with Gasteiger partial charge in [0.2, 0.25) is 0 Å². The summed E-state index contributed by atoms with van der Waals surface area (Å²) in [5.41, 5.74) is 0.0889. The number of fused-ring (bicyclic) bond motifs is 1. The molecule has 11 heteroatoms. The van der Waals surface area contributed by atoms with E-state index < -0.39 is 26.0 Å². The lowest BCUT2D eigenvalue weighted by molar-refractivity contribution is 0.0995. The minimum absolute atomic E-state index is 0.0334. The van der Waals surface area contributed by atoms with E-state index in [0.29, 0.717) is 8.38 Å². The van der Waals surface area contributed by atoms with Crippen LogP contribution in [0.2, 0.25) is 0 Å². The summed E-state index contributed by atoms with van der Waals surface area (Å²) in [5, 5.41) is 2.54. The second-order valence-electron chi connectivity index (χ2n) is 5.76. The second-order valence-corrected chi connectivity index (χ2v) is 10.3. The summed E-state index contributed by atoms with van der Waals surface area (Å²) < 4.78 is 57.1. The maximum Gasteiger partial charge on any atom is 0.291 e. The normalized spacial score (nSPS) is 16.5. The first-order chi connectivity index (χ1) is 13.2. The molecule has 1 aromatic heterocycles. The molecule has 0 saturated heterocycles. The molecule has 2 heterocycles. The van der Waals surface area contributed by atoms with Gasteiger partial charge in [-0.2, -0.15) is 20.5 Å². The van der Waals surface area contributed by atoms with Gasteiger partial charge in [0, 0.05) is 5.69 Å². The Kier molecular flexibility index (Phi) is 4.32. The van der Waals surface area contributed by atoms with Gasteiger partial charge in [0.05, 0.1) is 5.69 Å². The number of carbonyl (C=O) groups excluding carboxylic acids is 1. The van der Waals surface area contributed by atoms with Crippen LogP contribution >= 0.6 is 15.9 Å².